The molecule has 6 heteroatoms. The Morgan fingerprint density at radius 3 is 2.64 bits per heavy atom. The molecular weight excluding hydrogens is 231 g/mol. The van der Waals surface area contributed by atoms with Crippen molar-refractivity contribution in [3.8, 4) is 0 Å². The molecule has 3 nitrogen and oxygen atoms in total. The predicted molar refractivity (Wildman–Crippen MR) is 47.2 cm³/mol. The molecule has 0 bridgehead atoms. The maximum absolute atomic E-state index is 10.3. The van der Waals surface area contributed by atoms with Crippen LogP contribution in [-0.4, -0.2) is 23.5 Å². The fraction of sp³-hybridized carbons (Fsp3) is 0. The van der Waals surface area contributed by atoms with Crippen LogP contribution < -0.4 is 5.46 Å². The summed E-state index contributed by atoms with van der Waals surface area (Å²) in [7, 11) is -1.59. The van der Waals surface area contributed by atoms with Gasteiger partial charge in [-0.15, -0.1) is 11.3 Å². The quantitative estimate of drug-likeness (QED) is 0.560. The van der Waals surface area contributed by atoms with Gasteiger partial charge in [0.2, 0.25) is 0 Å². The van der Waals surface area contributed by atoms with Crippen molar-refractivity contribution in [1.82, 2.24) is 0 Å². The van der Waals surface area contributed by atoms with Crippen molar-refractivity contribution in [2.45, 2.75) is 0 Å². The Hall–Kier alpha value is -0.165. The number of aldehydes is 1. The Bertz CT molecular complexity index is 273. The molecule has 0 atom stereocenters. The van der Waals surface area contributed by atoms with Crippen molar-refractivity contribution < 1.29 is 14.8 Å². The number of carbonyl (C=O) groups excluding carboxylic acids is 1. The fourth-order valence-corrected chi connectivity index (χ4v) is 2.29. The molecule has 2 N–H and O–H groups in total. The van der Waals surface area contributed by atoms with Gasteiger partial charge in [0.05, 0.1) is 4.88 Å². The minimum atomic E-state index is -1.59. The first-order chi connectivity index (χ1) is 5.16. The van der Waals surface area contributed by atoms with E-state index in [0.717, 1.165) is 0 Å². The summed E-state index contributed by atoms with van der Waals surface area (Å²) in [5.74, 6) is 0. The van der Waals surface area contributed by atoms with E-state index < -0.39 is 7.12 Å². The summed E-state index contributed by atoms with van der Waals surface area (Å²) in [5, 5.41) is 19.2. The monoisotopic (exact) mass is 234 g/mol. The molecule has 1 rings (SSSR count). The summed E-state index contributed by atoms with van der Waals surface area (Å²) < 4.78 is 0.555. The van der Waals surface area contributed by atoms with Crippen molar-refractivity contribution in [2.24, 2.45) is 0 Å². The highest BCUT2D eigenvalue weighted by Crippen LogP contribution is 2.15. The Morgan fingerprint density at radius 2 is 2.27 bits per heavy atom. The van der Waals surface area contributed by atoms with E-state index in [9.17, 15) is 4.79 Å². The average Bonchev–Trinajstić information content (AvgIpc) is 2.30. The lowest BCUT2D eigenvalue weighted by molar-refractivity contribution is 0.112. The fourth-order valence-electron chi connectivity index (χ4n) is 0.702. The van der Waals surface area contributed by atoms with Crippen molar-refractivity contribution in [2.75, 3.05) is 0 Å². The normalized spacial score (nSPS) is 9.73. The van der Waals surface area contributed by atoms with E-state index in [-0.39, 0.29) is 5.46 Å². The van der Waals surface area contributed by atoms with Crippen molar-refractivity contribution in [1.29, 1.82) is 0 Å². The van der Waals surface area contributed by atoms with Crippen LogP contribution in [0.15, 0.2) is 9.85 Å². The molecule has 0 aliphatic carbocycles. The highest BCUT2D eigenvalue weighted by molar-refractivity contribution is 9.10. The molecule has 1 aromatic rings. The van der Waals surface area contributed by atoms with Crippen LogP contribution in [0.3, 0.4) is 0 Å². The first-order valence-corrected chi connectivity index (χ1v) is 4.42. The molecule has 0 aliphatic heterocycles. The second-order valence-electron chi connectivity index (χ2n) is 1.85. The minimum absolute atomic E-state index is 0.241. The molecule has 11 heavy (non-hydrogen) atoms. The third-order valence-corrected chi connectivity index (χ3v) is 3.06. The van der Waals surface area contributed by atoms with Gasteiger partial charge in [-0.05, 0) is 0 Å². The second-order valence-corrected chi connectivity index (χ2v) is 3.62. The molecule has 0 radical (unpaired) electrons. The van der Waals surface area contributed by atoms with Gasteiger partial charge in [0.15, 0.2) is 6.29 Å². The second kappa shape index (κ2) is 3.49. The Balaban J connectivity index is 3.17. The van der Waals surface area contributed by atoms with Gasteiger partial charge in [-0.2, -0.15) is 0 Å². The van der Waals surface area contributed by atoms with Crippen molar-refractivity contribution in [3.05, 3.63) is 14.7 Å². The van der Waals surface area contributed by atoms with Crippen LogP contribution in [0.4, 0.5) is 0 Å². The van der Waals surface area contributed by atoms with Crippen LogP contribution in [0.1, 0.15) is 9.67 Å². The Morgan fingerprint density at radius 1 is 1.64 bits per heavy atom. The zero-order valence-corrected chi connectivity index (χ0v) is 7.72. The van der Waals surface area contributed by atoms with Gasteiger partial charge in [-0.3, -0.25) is 4.79 Å². The molecule has 0 unspecified atom stereocenters. The van der Waals surface area contributed by atoms with Crippen LogP contribution in [-0.2, 0) is 0 Å². The van der Waals surface area contributed by atoms with Gasteiger partial charge in [-0.1, -0.05) is 15.9 Å². The van der Waals surface area contributed by atoms with Crippen LogP contribution in [0, 0.1) is 0 Å². The van der Waals surface area contributed by atoms with Crippen LogP contribution >= 0.6 is 27.3 Å². The van der Waals surface area contributed by atoms with Gasteiger partial charge < -0.3 is 10.0 Å². The topological polar surface area (TPSA) is 57.5 Å². The molecular formula is C5H4BBrO3S. The lowest BCUT2D eigenvalue weighted by Gasteiger charge is -1.95. The summed E-state index contributed by atoms with van der Waals surface area (Å²) >= 11 is 4.26. The standard InChI is InChI=1S/C5H4BBrO3S/c7-3-2-11-4(1-8)5(3)6(9)10/h1-2,9-10H. The molecule has 0 saturated carbocycles. The number of hydrogen-bond acceptors (Lipinski definition) is 4. The van der Waals surface area contributed by atoms with Gasteiger partial charge in [-0.25, -0.2) is 0 Å². The van der Waals surface area contributed by atoms with Crippen LogP contribution in [0.5, 0.6) is 0 Å². The van der Waals surface area contributed by atoms with Crippen molar-refractivity contribution >= 4 is 46.1 Å². The third kappa shape index (κ3) is 1.70. The highest BCUT2D eigenvalue weighted by atomic mass is 79.9. The largest absolute Gasteiger partial charge is 0.491 e. The molecule has 0 saturated heterocycles. The molecule has 0 amide bonds. The van der Waals surface area contributed by atoms with Gasteiger partial charge in [0.25, 0.3) is 0 Å². The smallest absolute Gasteiger partial charge is 0.423 e. The molecule has 0 fully saturated rings. The third-order valence-electron chi connectivity index (χ3n) is 1.18. The van der Waals surface area contributed by atoms with E-state index in [2.05, 4.69) is 15.9 Å². The lowest BCUT2D eigenvalue weighted by Crippen LogP contribution is -2.32. The van der Waals surface area contributed by atoms with Crippen LogP contribution in [0.2, 0.25) is 0 Å². The van der Waals surface area contributed by atoms with Gasteiger partial charge >= 0.3 is 7.12 Å². The van der Waals surface area contributed by atoms with E-state index in [0.29, 0.717) is 15.6 Å². The summed E-state index contributed by atoms with van der Waals surface area (Å²) in [6.07, 6.45) is 0.601. The highest BCUT2D eigenvalue weighted by Gasteiger charge is 2.20. The first kappa shape index (κ1) is 8.93. The summed E-state index contributed by atoms with van der Waals surface area (Å²) in [6.45, 7) is 0. The molecule has 0 aliphatic rings. The Labute approximate surface area is 75.9 Å². The zero-order valence-electron chi connectivity index (χ0n) is 5.32. The number of halogens is 1. The van der Waals surface area contributed by atoms with E-state index >= 15 is 0 Å². The van der Waals surface area contributed by atoms with E-state index in [1.54, 1.807) is 5.38 Å². The number of thiophene rings is 1. The SMILES string of the molecule is O=Cc1scc(Br)c1B(O)O. The molecule has 1 heterocycles. The average molecular weight is 235 g/mol. The Kier molecular flexibility index (Phi) is 2.83. The van der Waals surface area contributed by atoms with Crippen LogP contribution in [0.25, 0.3) is 0 Å². The van der Waals surface area contributed by atoms with Gasteiger partial charge in [0.1, 0.15) is 0 Å². The summed E-state index contributed by atoms with van der Waals surface area (Å²) in [4.78, 5) is 10.7. The number of rotatable bonds is 2. The van der Waals surface area contributed by atoms with Crippen molar-refractivity contribution in [3.63, 3.8) is 0 Å². The minimum Gasteiger partial charge on any atom is -0.423 e. The number of hydrogen-bond donors (Lipinski definition) is 2. The van der Waals surface area contributed by atoms with E-state index in [1.807, 2.05) is 0 Å². The molecule has 58 valence electrons. The molecule has 0 spiro atoms. The summed E-state index contributed by atoms with van der Waals surface area (Å²) in [5.41, 5.74) is 0.241. The first-order valence-electron chi connectivity index (χ1n) is 2.75. The molecule has 1 aromatic heterocycles. The number of carbonyl (C=O) groups is 1. The van der Waals surface area contributed by atoms with E-state index in [4.69, 9.17) is 10.0 Å². The molecule has 0 aromatic carbocycles. The maximum atomic E-state index is 10.3. The maximum Gasteiger partial charge on any atom is 0.491 e. The van der Waals surface area contributed by atoms with E-state index in [1.165, 1.54) is 11.3 Å². The lowest BCUT2D eigenvalue weighted by atomic mass is 9.81. The summed E-state index contributed by atoms with van der Waals surface area (Å²) in [6, 6.07) is 0. The van der Waals surface area contributed by atoms with Gasteiger partial charge in [0, 0.05) is 15.3 Å². The zero-order chi connectivity index (χ0) is 8.43. The predicted octanol–water partition coefficient (Wildman–Crippen LogP) is 0.00290.